The molecule has 1 aromatic carbocycles. The summed E-state index contributed by atoms with van der Waals surface area (Å²) in [4.78, 5) is 17.8. The van der Waals surface area contributed by atoms with Crippen LogP contribution in [0.3, 0.4) is 0 Å². The van der Waals surface area contributed by atoms with Gasteiger partial charge in [-0.25, -0.2) is 4.98 Å². The third-order valence-electron chi connectivity index (χ3n) is 3.72. The number of nitriles is 1. The molecule has 0 radical (unpaired) electrons. The lowest BCUT2D eigenvalue weighted by Crippen LogP contribution is -2.31. The number of hydrogen-bond donors (Lipinski definition) is 0. The smallest absolute Gasteiger partial charge is 0.234 e. The average molecular weight is 359 g/mol. The summed E-state index contributed by atoms with van der Waals surface area (Å²) >= 11 is 0. The van der Waals surface area contributed by atoms with Crippen LogP contribution in [0, 0.1) is 25.2 Å². The summed E-state index contributed by atoms with van der Waals surface area (Å²) in [7, 11) is 0.224. The molecular formula is C18H21N3O3S. The van der Waals surface area contributed by atoms with Gasteiger partial charge in [-0.05, 0) is 26.0 Å². The van der Waals surface area contributed by atoms with Crippen LogP contribution < -0.4 is 0 Å². The fourth-order valence-electron chi connectivity index (χ4n) is 2.26. The van der Waals surface area contributed by atoms with Crippen LogP contribution >= 0.6 is 0 Å². The van der Waals surface area contributed by atoms with Crippen molar-refractivity contribution in [3.05, 3.63) is 41.3 Å². The minimum Gasteiger partial charge on any atom is -0.441 e. The van der Waals surface area contributed by atoms with Gasteiger partial charge in [0.2, 0.25) is 11.8 Å². The van der Waals surface area contributed by atoms with E-state index in [-0.39, 0.29) is 23.8 Å². The predicted molar refractivity (Wildman–Crippen MR) is 96.0 cm³/mol. The van der Waals surface area contributed by atoms with E-state index >= 15 is 0 Å². The number of aryl methyl sites for hydroxylation is 2. The van der Waals surface area contributed by atoms with E-state index < -0.39 is 10.8 Å². The van der Waals surface area contributed by atoms with E-state index in [4.69, 9.17) is 9.68 Å². The SMILES string of the molecule is Cc1cccc(-c2nc(C[S@@](=O)CC(=O)N(C)CCC#N)c(C)o2)c1. The number of nitrogens with zero attached hydrogens (tertiary/aromatic N) is 3. The van der Waals surface area contributed by atoms with Crippen LogP contribution in [0.2, 0.25) is 0 Å². The molecular weight excluding hydrogens is 338 g/mol. The molecule has 6 nitrogen and oxygen atoms in total. The number of amides is 1. The van der Waals surface area contributed by atoms with E-state index in [0.717, 1.165) is 11.1 Å². The maximum atomic E-state index is 12.3. The maximum absolute atomic E-state index is 12.3. The minimum absolute atomic E-state index is 0.0893. The summed E-state index contributed by atoms with van der Waals surface area (Å²) in [5, 5.41) is 8.55. The molecule has 25 heavy (non-hydrogen) atoms. The monoisotopic (exact) mass is 359 g/mol. The second kappa shape index (κ2) is 8.58. The van der Waals surface area contributed by atoms with Crippen molar-refractivity contribution in [1.82, 2.24) is 9.88 Å². The van der Waals surface area contributed by atoms with Gasteiger partial charge in [-0.2, -0.15) is 5.26 Å². The van der Waals surface area contributed by atoms with Crippen molar-refractivity contribution in [2.24, 2.45) is 0 Å². The van der Waals surface area contributed by atoms with E-state index in [1.54, 1.807) is 14.0 Å². The van der Waals surface area contributed by atoms with Gasteiger partial charge in [-0.1, -0.05) is 17.7 Å². The Morgan fingerprint density at radius 1 is 1.40 bits per heavy atom. The van der Waals surface area contributed by atoms with E-state index in [1.807, 2.05) is 37.3 Å². The highest BCUT2D eigenvalue weighted by Gasteiger charge is 2.17. The first-order valence-electron chi connectivity index (χ1n) is 7.90. The van der Waals surface area contributed by atoms with Gasteiger partial charge in [0.15, 0.2) is 0 Å². The van der Waals surface area contributed by atoms with Crippen molar-refractivity contribution < 1.29 is 13.4 Å². The molecule has 1 amide bonds. The molecule has 0 unspecified atom stereocenters. The van der Waals surface area contributed by atoms with E-state index in [2.05, 4.69) is 4.98 Å². The lowest BCUT2D eigenvalue weighted by Gasteiger charge is -2.14. The summed E-state index contributed by atoms with van der Waals surface area (Å²) in [6.45, 7) is 4.11. The molecule has 0 N–H and O–H groups in total. The highest BCUT2D eigenvalue weighted by Crippen LogP contribution is 2.23. The first kappa shape index (κ1) is 18.9. The van der Waals surface area contributed by atoms with Crippen LogP contribution in [-0.4, -0.2) is 39.3 Å². The average Bonchev–Trinajstić information content (AvgIpc) is 2.93. The number of hydrogen-bond acceptors (Lipinski definition) is 5. The van der Waals surface area contributed by atoms with Crippen LogP contribution in [0.25, 0.3) is 11.5 Å². The summed E-state index contributed by atoms with van der Waals surface area (Å²) in [6, 6.07) is 9.78. The van der Waals surface area contributed by atoms with E-state index in [0.29, 0.717) is 23.9 Å². The lowest BCUT2D eigenvalue weighted by atomic mass is 10.1. The zero-order chi connectivity index (χ0) is 18.4. The molecule has 7 heteroatoms. The van der Waals surface area contributed by atoms with Crippen molar-refractivity contribution in [3.63, 3.8) is 0 Å². The van der Waals surface area contributed by atoms with Crippen LogP contribution in [-0.2, 0) is 21.3 Å². The van der Waals surface area contributed by atoms with Gasteiger partial charge in [-0.3, -0.25) is 9.00 Å². The van der Waals surface area contributed by atoms with Crippen molar-refractivity contribution in [2.75, 3.05) is 19.3 Å². The van der Waals surface area contributed by atoms with Crippen LogP contribution in [0.15, 0.2) is 28.7 Å². The van der Waals surface area contributed by atoms with E-state index in [1.165, 1.54) is 4.90 Å². The van der Waals surface area contributed by atoms with Crippen LogP contribution in [0.1, 0.15) is 23.4 Å². The zero-order valence-electron chi connectivity index (χ0n) is 14.6. The second-order valence-corrected chi connectivity index (χ2v) is 7.30. The van der Waals surface area contributed by atoms with Crippen molar-refractivity contribution in [1.29, 1.82) is 5.26 Å². The molecule has 1 heterocycles. The molecule has 0 saturated carbocycles. The summed E-state index contributed by atoms with van der Waals surface area (Å²) in [5.41, 5.74) is 2.57. The first-order valence-corrected chi connectivity index (χ1v) is 9.38. The van der Waals surface area contributed by atoms with Gasteiger partial charge in [-0.15, -0.1) is 0 Å². The predicted octanol–water partition coefficient (Wildman–Crippen LogP) is 2.58. The van der Waals surface area contributed by atoms with Gasteiger partial charge in [0.25, 0.3) is 0 Å². The summed E-state index contributed by atoms with van der Waals surface area (Å²) in [6.07, 6.45) is 0.261. The Hall–Kier alpha value is -2.46. The molecule has 0 saturated heterocycles. The number of rotatable bonds is 7. The van der Waals surface area contributed by atoms with E-state index in [9.17, 15) is 9.00 Å². The number of carbonyl (C=O) groups excluding carboxylic acids is 1. The van der Waals surface area contributed by atoms with Gasteiger partial charge in [0.1, 0.15) is 11.5 Å². The number of benzene rings is 1. The van der Waals surface area contributed by atoms with Gasteiger partial charge in [0.05, 0.1) is 23.9 Å². The molecule has 1 aromatic heterocycles. The quantitative estimate of drug-likeness (QED) is 0.758. The molecule has 132 valence electrons. The fraction of sp³-hybridized carbons (Fsp3) is 0.389. The largest absolute Gasteiger partial charge is 0.441 e. The molecule has 0 fully saturated rings. The number of oxazole rings is 1. The molecule has 0 aliphatic heterocycles. The lowest BCUT2D eigenvalue weighted by molar-refractivity contribution is -0.127. The molecule has 2 aromatic rings. The zero-order valence-corrected chi connectivity index (χ0v) is 15.4. The van der Waals surface area contributed by atoms with Crippen molar-refractivity contribution >= 4 is 16.7 Å². The molecule has 0 bridgehead atoms. The first-order chi connectivity index (χ1) is 11.9. The molecule has 0 spiro atoms. The van der Waals surface area contributed by atoms with Crippen LogP contribution in [0.4, 0.5) is 0 Å². The Bertz CT molecular complexity index is 823. The minimum atomic E-state index is -1.38. The third kappa shape index (κ3) is 5.26. The molecule has 2 rings (SSSR count). The normalized spacial score (nSPS) is 11.8. The second-order valence-electron chi connectivity index (χ2n) is 5.84. The number of carbonyl (C=O) groups is 1. The maximum Gasteiger partial charge on any atom is 0.234 e. The highest BCUT2D eigenvalue weighted by atomic mass is 32.2. The van der Waals surface area contributed by atoms with Crippen molar-refractivity contribution in [2.45, 2.75) is 26.0 Å². The van der Waals surface area contributed by atoms with Gasteiger partial charge >= 0.3 is 0 Å². The van der Waals surface area contributed by atoms with Gasteiger partial charge < -0.3 is 9.32 Å². The van der Waals surface area contributed by atoms with Gasteiger partial charge in [0, 0.05) is 30.0 Å². The summed E-state index contributed by atoms with van der Waals surface area (Å²) < 4.78 is 18.0. The highest BCUT2D eigenvalue weighted by molar-refractivity contribution is 7.84. The Labute approximate surface area is 149 Å². The molecule has 0 aliphatic rings. The summed E-state index contributed by atoms with van der Waals surface area (Å²) in [5.74, 6) is 0.932. The standard InChI is InChI=1S/C18H21N3O3S/c1-13-6-4-7-15(10-13)18-20-16(14(2)24-18)11-25(23)12-17(22)21(3)9-5-8-19/h4,6-7,10H,5,9,11-12H2,1-3H3/t25-/m1/s1. The Morgan fingerprint density at radius 3 is 2.84 bits per heavy atom. The van der Waals surface area contributed by atoms with Crippen molar-refractivity contribution in [3.8, 4) is 17.5 Å². The number of aromatic nitrogens is 1. The Balaban J connectivity index is 2.02. The van der Waals surface area contributed by atoms with Crippen LogP contribution in [0.5, 0.6) is 0 Å². The third-order valence-corrected chi connectivity index (χ3v) is 4.89. The Kier molecular flexibility index (Phi) is 6.48. The molecule has 1 atom stereocenters. The topological polar surface area (TPSA) is 87.2 Å². The Morgan fingerprint density at radius 2 is 2.16 bits per heavy atom. The fourth-order valence-corrected chi connectivity index (χ4v) is 3.43. The molecule has 0 aliphatic carbocycles.